The lowest BCUT2D eigenvalue weighted by Gasteiger charge is -2.11. The molecule has 2 fully saturated rings. The van der Waals surface area contributed by atoms with Gasteiger partial charge < -0.3 is 0 Å². The molecule has 0 spiro atoms. The molecular formula is C28H24F4N8O2. The minimum Gasteiger partial charge on any atom is -0.290 e. The van der Waals surface area contributed by atoms with Crippen LogP contribution in [0.2, 0.25) is 0 Å². The van der Waals surface area contributed by atoms with Gasteiger partial charge in [-0.05, 0) is 49.9 Å². The largest absolute Gasteiger partial charge is 0.290 e. The van der Waals surface area contributed by atoms with Crippen molar-refractivity contribution in [2.45, 2.75) is 63.0 Å². The van der Waals surface area contributed by atoms with Crippen LogP contribution in [0.1, 0.15) is 107 Å². The van der Waals surface area contributed by atoms with Gasteiger partial charge >= 0.3 is 0 Å². The minimum atomic E-state index is -1.36. The second kappa shape index (κ2) is 10.2. The number of ketones is 2. The lowest BCUT2D eigenvalue weighted by molar-refractivity contribution is 0.0949. The number of hydrogen-bond donors (Lipinski definition) is 0. The fraction of sp³-hybridized carbons (Fsp3) is 0.429. The molecule has 0 N–H and O–H groups in total. The number of rotatable bonds is 6. The number of hydrogen-bond acceptors (Lipinski definition) is 8. The van der Waals surface area contributed by atoms with Crippen molar-refractivity contribution in [2.75, 3.05) is 0 Å². The van der Waals surface area contributed by atoms with Crippen molar-refractivity contribution < 1.29 is 27.2 Å². The maximum absolute atomic E-state index is 14.1. The molecule has 0 aromatic carbocycles. The Hall–Kier alpha value is -4.36. The third-order valence-electron chi connectivity index (χ3n) is 7.87. The highest BCUT2D eigenvalue weighted by atomic mass is 19.1. The van der Waals surface area contributed by atoms with Crippen LogP contribution in [0.4, 0.5) is 17.6 Å². The molecule has 4 aromatic heterocycles. The van der Waals surface area contributed by atoms with E-state index in [9.17, 15) is 27.2 Å². The number of nitrogens with zero attached hydrogens (tertiary/aromatic N) is 8. The SMILES string of the molecule is O=C(c1nc2n(n1)[C@H](c1ncccc1F)C[C@@H]2F)C1CC1.O=C(c1nc2n(n1)[C@H](c1ncccc1F)C[C@H]2F)C1CC1. The fourth-order valence-electron chi connectivity index (χ4n) is 5.37. The molecule has 0 amide bonds. The zero-order valence-corrected chi connectivity index (χ0v) is 22.1. The van der Waals surface area contributed by atoms with E-state index in [2.05, 4.69) is 30.1 Å². The summed E-state index contributed by atoms with van der Waals surface area (Å²) in [7, 11) is 0. The first kappa shape index (κ1) is 26.5. The van der Waals surface area contributed by atoms with Crippen LogP contribution in [-0.4, -0.2) is 51.1 Å². The number of pyridine rings is 2. The quantitative estimate of drug-likeness (QED) is 0.235. The Morgan fingerprint density at radius 1 is 0.690 bits per heavy atom. The van der Waals surface area contributed by atoms with Crippen molar-refractivity contribution in [3.8, 4) is 0 Å². The molecule has 14 heteroatoms. The number of aromatic nitrogens is 8. The highest BCUT2D eigenvalue weighted by Gasteiger charge is 2.42. The van der Waals surface area contributed by atoms with Crippen molar-refractivity contribution in [3.63, 3.8) is 0 Å². The molecule has 2 saturated carbocycles. The number of carbonyl (C=O) groups is 2. The molecule has 2 aliphatic heterocycles. The highest BCUT2D eigenvalue weighted by Crippen LogP contribution is 2.41. The Morgan fingerprint density at radius 2 is 1.10 bits per heavy atom. The van der Waals surface area contributed by atoms with Gasteiger partial charge in [0, 0.05) is 37.1 Å². The smallest absolute Gasteiger partial charge is 0.217 e. The number of Topliss-reactive ketones (excluding diaryl/α,β-unsaturated/α-hetero) is 2. The van der Waals surface area contributed by atoms with Crippen molar-refractivity contribution in [1.29, 1.82) is 0 Å². The number of halogens is 4. The third-order valence-corrected chi connectivity index (χ3v) is 7.87. The molecule has 0 unspecified atom stereocenters. The Labute approximate surface area is 236 Å². The molecule has 2 aliphatic carbocycles. The van der Waals surface area contributed by atoms with Crippen molar-refractivity contribution in [2.24, 2.45) is 11.8 Å². The third kappa shape index (κ3) is 4.68. The van der Waals surface area contributed by atoms with Gasteiger partial charge in [0.2, 0.25) is 23.2 Å². The first-order valence-electron chi connectivity index (χ1n) is 13.8. The van der Waals surface area contributed by atoms with Gasteiger partial charge in [0.1, 0.15) is 35.1 Å². The predicted octanol–water partition coefficient (Wildman–Crippen LogP) is 4.82. The predicted molar refractivity (Wildman–Crippen MR) is 136 cm³/mol. The van der Waals surface area contributed by atoms with E-state index >= 15 is 0 Å². The first-order valence-corrected chi connectivity index (χ1v) is 13.8. The van der Waals surface area contributed by atoms with Gasteiger partial charge in [0.25, 0.3) is 0 Å². The molecule has 4 aliphatic rings. The molecule has 0 saturated heterocycles. The summed E-state index contributed by atoms with van der Waals surface area (Å²) in [5.41, 5.74) is 0.267. The van der Waals surface area contributed by atoms with Crippen LogP contribution >= 0.6 is 0 Å². The Balaban J connectivity index is 0.000000137. The van der Waals surface area contributed by atoms with Crippen LogP contribution in [0.5, 0.6) is 0 Å². The highest BCUT2D eigenvalue weighted by molar-refractivity contribution is 5.96. The topological polar surface area (TPSA) is 121 Å². The van der Waals surface area contributed by atoms with E-state index in [1.54, 1.807) is 0 Å². The van der Waals surface area contributed by atoms with Gasteiger partial charge in [-0.2, -0.15) is 0 Å². The summed E-state index contributed by atoms with van der Waals surface area (Å²) in [6.45, 7) is 0. The second-order valence-electron chi connectivity index (χ2n) is 10.9. The maximum atomic E-state index is 14.1. The summed E-state index contributed by atoms with van der Waals surface area (Å²) in [4.78, 5) is 39.9. The van der Waals surface area contributed by atoms with Crippen molar-refractivity contribution >= 4 is 11.6 Å². The number of carbonyl (C=O) groups excluding carboxylic acids is 2. The van der Waals surface area contributed by atoms with Gasteiger partial charge in [0.15, 0.2) is 24.0 Å². The van der Waals surface area contributed by atoms with Crippen LogP contribution in [0.15, 0.2) is 36.7 Å². The van der Waals surface area contributed by atoms with E-state index < -0.39 is 36.1 Å². The maximum Gasteiger partial charge on any atom is 0.217 e. The van der Waals surface area contributed by atoms with Crippen LogP contribution in [0.25, 0.3) is 0 Å². The van der Waals surface area contributed by atoms with Crippen molar-refractivity contribution in [1.82, 2.24) is 39.5 Å². The van der Waals surface area contributed by atoms with E-state index in [1.165, 1.54) is 46.0 Å². The molecule has 0 bridgehead atoms. The number of fused-ring (bicyclic) bond motifs is 2. The zero-order valence-electron chi connectivity index (χ0n) is 22.1. The molecule has 6 heterocycles. The summed E-state index contributed by atoms with van der Waals surface area (Å²) >= 11 is 0. The minimum absolute atomic E-state index is 0.0313. The van der Waals surface area contributed by atoms with Gasteiger partial charge in [-0.25, -0.2) is 36.9 Å². The molecule has 0 radical (unpaired) electrons. The summed E-state index contributed by atoms with van der Waals surface area (Å²) in [6, 6.07) is 4.21. The van der Waals surface area contributed by atoms with E-state index in [-0.39, 0.29) is 70.9 Å². The number of alkyl halides is 2. The summed E-state index contributed by atoms with van der Waals surface area (Å²) in [5, 5.41) is 8.22. The average molecular weight is 581 g/mol. The van der Waals surface area contributed by atoms with Gasteiger partial charge in [-0.3, -0.25) is 19.6 Å². The molecule has 4 aromatic rings. The van der Waals surface area contributed by atoms with Crippen molar-refractivity contribution in [3.05, 3.63) is 83.0 Å². The first-order chi connectivity index (χ1) is 20.3. The fourth-order valence-corrected chi connectivity index (χ4v) is 5.37. The summed E-state index contributed by atoms with van der Waals surface area (Å²) < 4.78 is 58.5. The monoisotopic (exact) mass is 580 g/mol. The van der Waals surface area contributed by atoms with E-state index in [4.69, 9.17) is 0 Å². The standard InChI is InChI=1S/2C14H12F2N4O/c2*15-8-2-1-5-17-11(8)10-6-9(16)14-18-13(19-20(10)14)12(21)7-3-4-7/h2*1-2,5,7,9-10H,3-4,6H2/t9-,10+;9-,10-/m10/s1. The normalized spacial score (nSPS) is 24.1. The lowest BCUT2D eigenvalue weighted by atomic mass is 10.1. The van der Waals surface area contributed by atoms with Gasteiger partial charge in [0.05, 0.1) is 0 Å². The molecule has 10 nitrogen and oxygen atoms in total. The van der Waals surface area contributed by atoms with Crippen LogP contribution < -0.4 is 0 Å². The van der Waals surface area contributed by atoms with Gasteiger partial charge in [-0.15, -0.1) is 10.2 Å². The van der Waals surface area contributed by atoms with E-state index in [0.717, 1.165) is 25.7 Å². The molecular weight excluding hydrogens is 556 g/mol. The van der Waals surface area contributed by atoms with E-state index in [0.29, 0.717) is 0 Å². The molecule has 8 rings (SSSR count). The van der Waals surface area contributed by atoms with Crippen LogP contribution in [0, 0.1) is 23.5 Å². The average Bonchev–Trinajstić information content (AvgIpc) is 3.87. The molecule has 42 heavy (non-hydrogen) atoms. The molecule has 4 atom stereocenters. The summed E-state index contributed by atoms with van der Waals surface area (Å²) in [5.74, 6) is -1.11. The second-order valence-corrected chi connectivity index (χ2v) is 10.9. The Kier molecular flexibility index (Phi) is 6.43. The lowest BCUT2D eigenvalue weighted by Crippen LogP contribution is -2.13. The van der Waals surface area contributed by atoms with Crippen LogP contribution in [0.3, 0.4) is 0 Å². The van der Waals surface area contributed by atoms with E-state index in [1.807, 2.05) is 0 Å². The van der Waals surface area contributed by atoms with Crippen LogP contribution in [-0.2, 0) is 0 Å². The Morgan fingerprint density at radius 3 is 1.45 bits per heavy atom. The Bertz CT molecular complexity index is 1570. The summed E-state index contributed by atoms with van der Waals surface area (Å²) in [6.07, 6.45) is 3.62. The molecule has 216 valence electrons. The zero-order chi connectivity index (χ0) is 29.1. The van der Waals surface area contributed by atoms with Gasteiger partial charge in [-0.1, -0.05) is 0 Å².